The Morgan fingerprint density at radius 3 is 2.67 bits per heavy atom. The molecule has 0 aliphatic rings. The SMILES string of the molecule is CCOC(=O)[C@@H](Cc1cn(C)c2ccccc12)NC(=O)[C@@H]([NH3+])CCC(N)=O. The molecule has 0 saturated carbocycles. The van der Waals surface area contributed by atoms with Crippen LogP contribution in [0, 0.1) is 0 Å². The first-order valence-electron chi connectivity index (χ1n) is 8.94. The van der Waals surface area contributed by atoms with Crippen LogP contribution in [0.1, 0.15) is 25.3 Å². The number of ether oxygens (including phenoxy) is 1. The van der Waals surface area contributed by atoms with Crippen LogP contribution in [0.25, 0.3) is 10.9 Å². The minimum absolute atomic E-state index is 0.0645. The Balaban J connectivity index is 2.17. The van der Waals surface area contributed by atoms with E-state index in [1.54, 1.807) is 6.92 Å². The molecule has 0 bridgehead atoms. The van der Waals surface area contributed by atoms with Gasteiger partial charge in [0.05, 0.1) is 6.61 Å². The third kappa shape index (κ3) is 5.30. The quantitative estimate of drug-likeness (QED) is 0.517. The Bertz CT molecular complexity index is 830. The summed E-state index contributed by atoms with van der Waals surface area (Å²) < 4.78 is 7.10. The number of nitrogens with two attached hydrogens (primary N) is 1. The molecule has 0 spiro atoms. The zero-order valence-electron chi connectivity index (χ0n) is 15.7. The lowest BCUT2D eigenvalue weighted by molar-refractivity contribution is -0.405. The van der Waals surface area contributed by atoms with Crippen LogP contribution in [-0.2, 0) is 32.6 Å². The largest absolute Gasteiger partial charge is 0.464 e. The highest BCUT2D eigenvalue weighted by Crippen LogP contribution is 2.21. The van der Waals surface area contributed by atoms with Crippen LogP contribution in [0.4, 0.5) is 0 Å². The van der Waals surface area contributed by atoms with Crippen molar-refractivity contribution in [1.82, 2.24) is 9.88 Å². The van der Waals surface area contributed by atoms with Crippen LogP contribution in [0.5, 0.6) is 0 Å². The smallest absolute Gasteiger partial charge is 0.328 e. The number of para-hydroxylation sites is 1. The maximum absolute atomic E-state index is 12.4. The molecule has 0 fully saturated rings. The Morgan fingerprint density at radius 2 is 2.00 bits per heavy atom. The summed E-state index contributed by atoms with van der Waals surface area (Å²) in [5.41, 5.74) is 10.8. The molecule has 0 aliphatic heterocycles. The fourth-order valence-electron chi connectivity index (χ4n) is 2.98. The monoisotopic (exact) mass is 375 g/mol. The second kappa shape index (κ2) is 9.18. The van der Waals surface area contributed by atoms with Gasteiger partial charge in [-0.05, 0) is 18.6 Å². The molecule has 2 atom stereocenters. The van der Waals surface area contributed by atoms with Gasteiger partial charge in [0, 0.05) is 43.4 Å². The van der Waals surface area contributed by atoms with Gasteiger partial charge in [-0.25, -0.2) is 4.79 Å². The number of hydrogen-bond acceptors (Lipinski definition) is 4. The molecule has 8 heteroatoms. The summed E-state index contributed by atoms with van der Waals surface area (Å²) in [4.78, 5) is 35.7. The van der Waals surface area contributed by atoms with Crippen molar-refractivity contribution < 1.29 is 24.9 Å². The van der Waals surface area contributed by atoms with Crippen molar-refractivity contribution >= 4 is 28.7 Å². The number of carbonyl (C=O) groups excluding carboxylic acids is 3. The van der Waals surface area contributed by atoms with Gasteiger partial charge < -0.3 is 26.1 Å². The molecule has 8 nitrogen and oxygen atoms in total. The summed E-state index contributed by atoms with van der Waals surface area (Å²) in [5.74, 6) is -1.40. The van der Waals surface area contributed by atoms with E-state index < -0.39 is 29.9 Å². The molecule has 27 heavy (non-hydrogen) atoms. The molecular weight excluding hydrogens is 348 g/mol. The van der Waals surface area contributed by atoms with Gasteiger partial charge in [0.15, 0.2) is 6.04 Å². The lowest BCUT2D eigenvalue weighted by Crippen LogP contribution is -2.68. The van der Waals surface area contributed by atoms with E-state index in [9.17, 15) is 14.4 Å². The number of rotatable bonds is 9. The summed E-state index contributed by atoms with van der Waals surface area (Å²) in [7, 11) is 1.93. The molecule has 0 saturated heterocycles. The van der Waals surface area contributed by atoms with E-state index in [0.717, 1.165) is 16.5 Å². The summed E-state index contributed by atoms with van der Waals surface area (Å²) in [6, 6.07) is 6.34. The number of benzene rings is 1. The first-order chi connectivity index (χ1) is 12.8. The molecule has 146 valence electrons. The van der Waals surface area contributed by atoms with Crippen molar-refractivity contribution in [2.75, 3.05) is 6.61 Å². The van der Waals surface area contributed by atoms with E-state index in [1.165, 1.54) is 0 Å². The number of amides is 2. The molecule has 0 unspecified atom stereocenters. The fourth-order valence-corrected chi connectivity index (χ4v) is 2.98. The average molecular weight is 375 g/mol. The highest BCUT2D eigenvalue weighted by Gasteiger charge is 2.27. The molecule has 2 amide bonds. The Labute approximate surface area is 157 Å². The molecule has 1 aromatic heterocycles. The summed E-state index contributed by atoms with van der Waals surface area (Å²) in [6.45, 7) is 1.93. The number of aryl methyl sites for hydroxylation is 1. The molecule has 0 radical (unpaired) electrons. The third-order valence-electron chi connectivity index (χ3n) is 4.40. The summed E-state index contributed by atoms with van der Waals surface area (Å²) in [6.07, 6.45) is 2.53. The summed E-state index contributed by atoms with van der Waals surface area (Å²) in [5, 5.41) is 3.73. The Morgan fingerprint density at radius 1 is 1.30 bits per heavy atom. The van der Waals surface area contributed by atoms with Gasteiger partial charge in [-0.2, -0.15) is 0 Å². The van der Waals surface area contributed by atoms with Crippen molar-refractivity contribution in [2.24, 2.45) is 12.8 Å². The predicted octanol–water partition coefficient (Wildman–Crippen LogP) is -0.355. The maximum Gasteiger partial charge on any atom is 0.328 e. The zero-order valence-corrected chi connectivity index (χ0v) is 15.7. The van der Waals surface area contributed by atoms with Gasteiger partial charge in [0.1, 0.15) is 6.04 Å². The number of primary amides is 1. The molecule has 0 aliphatic carbocycles. The zero-order chi connectivity index (χ0) is 20.0. The second-order valence-corrected chi connectivity index (χ2v) is 6.50. The standard InChI is InChI=1S/C19H26N4O4/c1-3-27-19(26)15(22-18(25)14(20)8-9-17(21)24)10-12-11-23(2)16-7-5-4-6-13(12)16/h4-7,11,14-15H,3,8-10,20H2,1-2H3,(H2,21,24)(H,22,25)/p+1/t14-,15+/m0/s1. The van der Waals surface area contributed by atoms with Crippen LogP contribution in [0.3, 0.4) is 0 Å². The molecule has 2 aromatic rings. The topological polar surface area (TPSA) is 131 Å². The number of nitrogens with one attached hydrogen (secondary N) is 1. The third-order valence-corrected chi connectivity index (χ3v) is 4.40. The van der Waals surface area contributed by atoms with Crippen LogP contribution in [0.15, 0.2) is 30.5 Å². The van der Waals surface area contributed by atoms with Crippen molar-refractivity contribution in [1.29, 1.82) is 0 Å². The number of hydrogen-bond donors (Lipinski definition) is 3. The summed E-state index contributed by atoms with van der Waals surface area (Å²) >= 11 is 0. The number of carbonyl (C=O) groups is 3. The fraction of sp³-hybridized carbons (Fsp3) is 0.421. The Kier molecular flexibility index (Phi) is 6.95. The molecule has 1 heterocycles. The van der Waals surface area contributed by atoms with Gasteiger partial charge in [0.2, 0.25) is 5.91 Å². The van der Waals surface area contributed by atoms with Gasteiger partial charge >= 0.3 is 5.97 Å². The number of aromatic nitrogens is 1. The lowest BCUT2D eigenvalue weighted by atomic mass is 10.0. The van der Waals surface area contributed by atoms with Gasteiger partial charge in [0.25, 0.3) is 5.91 Å². The van der Waals surface area contributed by atoms with Gasteiger partial charge in [-0.3, -0.25) is 9.59 Å². The van der Waals surface area contributed by atoms with Gasteiger partial charge in [-0.15, -0.1) is 0 Å². The van der Waals surface area contributed by atoms with Crippen molar-refractivity contribution in [3.8, 4) is 0 Å². The van der Waals surface area contributed by atoms with E-state index in [-0.39, 0.29) is 19.4 Å². The lowest BCUT2D eigenvalue weighted by Gasteiger charge is -2.18. The molecular formula is C19H27N4O4+. The van der Waals surface area contributed by atoms with E-state index in [4.69, 9.17) is 10.5 Å². The first kappa shape index (κ1) is 20.4. The minimum atomic E-state index is -0.832. The molecule has 1 aromatic carbocycles. The van der Waals surface area contributed by atoms with Crippen molar-refractivity contribution in [2.45, 2.75) is 38.3 Å². The highest BCUT2D eigenvalue weighted by molar-refractivity contribution is 5.89. The number of quaternary nitrogens is 1. The number of esters is 1. The first-order valence-corrected chi connectivity index (χ1v) is 8.94. The van der Waals surface area contributed by atoms with Crippen molar-refractivity contribution in [3.63, 3.8) is 0 Å². The predicted molar refractivity (Wildman–Crippen MR) is 100 cm³/mol. The molecule has 6 N–H and O–H groups in total. The molecule has 2 rings (SSSR count). The van der Waals surface area contributed by atoms with Gasteiger partial charge in [-0.1, -0.05) is 18.2 Å². The van der Waals surface area contributed by atoms with E-state index in [1.807, 2.05) is 42.1 Å². The normalized spacial score (nSPS) is 13.1. The van der Waals surface area contributed by atoms with Crippen LogP contribution >= 0.6 is 0 Å². The van der Waals surface area contributed by atoms with Crippen LogP contribution < -0.4 is 16.8 Å². The second-order valence-electron chi connectivity index (χ2n) is 6.50. The van der Waals surface area contributed by atoms with E-state index in [0.29, 0.717) is 6.42 Å². The van der Waals surface area contributed by atoms with E-state index in [2.05, 4.69) is 11.1 Å². The highest BCUT2D eigenvalue weighted by atomic mass is 16.5. The average Bonchev–Trinajstić information content (AvgIpc) is 2.95. The Hall–Kier alpha value is -2.87. The van der Waals surface area contributed by atoms with E-state index >= 15 is 0 Å². The minimum Gasteiger partial charge on any atom is -0.464 e. The maximum atomic E-state index is 12.4. The van der Waals surface area contributed by atoms with Crippen molar-refractivity contribution in [3.05, 3.63) is 36.0 Å². The number of fused-ring (bicyclic) bond motifs is 1. The number of nitrogens with zero attached hydrogens (tertiary/aromatic N) is 1. The van der Waals surface area contributed by atoms with Crippen LogP contribution in [-0.4, -0.2) is 41.0 Å². The van der Waals surface area contributed by atoms with Crippen LogP contribution in [0.2, 0.25) is 0 Å².